The minimum atomic E-state index is -0.651. The number of carboxylic acid groups (broad SMARTS) is 1. The zero-order valence-corrected chi connectivity index (χ0v) is 19.3. The molecular weight excluding hydrogens is 402 g/mol. The van der Waals surface area contributed by atoms with Crippen LogP contribution >= 0.6 is 0 Å². The largest absolute Gasteiger partial charge is 0.490 e. The van der Waals surface area contributed by atoms with E-state index in [1.807, 2.05) is 0 Å². The van der Waals surface area contributed by atoms with Gasteiger partial charge < -0.3 is 14.6 Å². The van der Waals surface area contributed by atoms with Gasteiger partial charge in [-0.2, -0.15) is 0 Å². The summed E-state index contributed by atoms with van der Waals surface area (Å²) in [4.78, 5) is 13.5. The fourth-order valence-electron chi connectivity index (χ4n) is 5.04. The van der Waals surface area contributed by atoms with Crippen LogP contribution in [0.3, 0.4) is 0 Å². The highest BCUT2D eigenvalue weighted by Gasteiger charge is 2.25. The number of ether oxygens (including phenoxy) is 2. The Labute approximate surface area is 191 Å². The first-order valence-corrected chi connectivity index (χ1v) is 12.3. The monoisotopic (exact) mass is 439 g/mol. The summed E-state index contributed by atoms with van der Waals surface area (Å²) in [6, 6.07) is 13.0. The summed E-state index contributed by atoms with van der Waals surface area (Å²) >= 11 is 0. The van der Waals surface area contributed by atoms with Crippen LogP contribution in [0, 0.1) is 11.8 Å². The van der Waals surface area contributed by atoms with Crippen molar-refractivity contribution in [1.82, 2.24) is 4.90 Å². The van der Waals surface area contributed by atoms with Crippen molar-refractivity contribution >= 4 is 16.7 Å². The molecule has 2 aromatic rings. The third kappa shape index (κ3) is 6.23. The van der Waals surface area contributed by atoms with Crippen LogP contribution in [-0.4, -0.2) is 48.4 Å². The molecule has 1 aliphatic heterocycles. The van der Waals surface area contributed by atoms with E-state index in [-0.39, 0.29) is 5.92 Å². The Bertz CT molecular complexity index is 882. The lowest BCUT2D eigenvalue weighted by Crippen LogP contribution is -2.35. The first kappa shape index (κ1) is 23.1. The summed E-state index contributed by atoms with van der Waals surface area (Å²) in [6.45, 7) is 6.52. The highest BCUT2D eigenvalue weighted by molar-refractivity contribution is 5.84. The number of carboxylic acids is 1. The molecule has 174 valence electrons. The van der Waals surface area contributed by atoms with Gasteiger partial charge in [0.25, 0.3) is 0 Å². The van der Waals surface area contributed by atoms with Gasteiger partial charge in [-0.05, 0) is 98.5 Å². The van der Waals surface area contributed by atoms with Gasteiger partial charge in [0.1, 0.15) is 5.75 Å². The van der Waals surface area contributed by atoms with Gasteiger partial charge in [-0.15, -0.1) is 0 Å². The quantitative estimate of drug-likeness (QED) is 0.523. The second kappa shape index (κ2) is 11.2. The molecule has 4 rings (SSSR count). The normalized spacial score (nSPS) is 22.8. The Morgan fingerprint density at radius 1 is 1.00 bits per heavy atom. The summed E-state index contributed by atoms with van der Waals surface area (Å²) < 4.78 is 12.0. The molecule has 2 aliphatic rings. The third-order valence-electron chi connectivity index (χ3n) is 7.02. The third-order valence-corrected chi connectivity index (χ3v) is 7.02. The van der Waals surface area contributed by atoms with Crippen molar-refractivity contribution in [1.29, 1.82) is 0 Å². The Kier molecular flexibility index (Phi) is 8.04. The van der Waals surface area contributed by atoms with E-state index in [2.05, 4.69) is 48.2 Å². The summed E-state index contributed by atoms with van der Waals surface area (Å²) in [5, 5.41) is 11.6. The van der Waals surface area contributed by atoms with Crippen LogP contribution in [0.4, 0.5) is 0 Å². The van der Waals surface area contributed by atoms with E-state index in [0.717, 1.165) is 70.7 Å². The highest BCUT2D eigenvalue weighted by Crippen LogP contribution is 2.30. The molecule has 1 aliphatic carbocycles. The van der Waals surface area contributed by atoms with Crippen LogP contribution in [0.5, 0.6) is 5.75 Å². The zero-order valence-electron chi connectivity index (χ0n) is 19.3. The molecule has 1 saturated heterocycles. The highest BCUT2D eigenvalue weighted by atomic mass is 16.5. The number of rotatable bonds is 9. The maximum absolute atomic E-state index is 11.1. The number of hydrogen-bond acceptors (Lipinski definition) is 4. The molecule has 0 spiro atoms. The minimum Gasteiger partial charge on any atom is -0.490 e. The zero-order chi connectivity index (χ0) is 22.3. The fraction of sp³-hybridized carbons (Fsp3) is 0.593. The van der Waals surface area contributed by atoms with Gasteiger partial charge in [-0.25, -0.2) is 0 Å². The van der Waals surface area contributed by atoms with Crippen molar-refractivity contribution in [2.45, 2.75) is 64.5 Å². The van der Waals surface area contributed by atoms with Gasteiger partial charge in [-0.1, -0.05) is 25.1 Å². The second-order valence-electron chi connectivity index (χ2n) is 9.57. The van der Waals surface area contributed by atoms with Crippen LogP contribution in [0.2, 0.25) is 0 Å². The average molecular weight is 440 g/mol. The van der Waals surface area contributed by atoms with Gasteiger partial charge >= 0.3 is 5.97 Å². The molecule has 0 unspecified atom stereocenters. The van der Waals surface area contributed by atoms with E-state index in [1.165, 1.54) is 29.2 Å². The first-order chi connectivity index (χ1) is 15.6. The minimum absolute atomic E-state index is 0.175. The second-order valence-corrected chi connectivity index (χ2v) is 9.57. The number of benzene rings is 2. The van der Waals surface area contributed by atoms with Crippen LogP contribution in [-0.2, 0) is 16.1 Å². The first-order valence-electron chi connectivity index (χ1n) is 12.3. The lowest BCUT2D eigenvalue weighted by molar-refractivity contribution is -0.143. The number of nitrogens with zero attached hydrogens (tertiary/aromatic N) is 1. The summed E-state index contributed by atoms with van der Waals surface area (Å²) in [7, 11) is 0. The van der Waals surface area contributed by atoms with E-state index in [0.29, 0.717) is 12.0 Å². The van der Waals surface area contributed by atoms with Gasteiger partial charge in [0, 0.05) is 19.8 Å². The van der Waals surface area contributed by atoms with Gasteiger partial charge in [0.15, 0.2) is 0 Å². The molecule has 5 nitrogen and oxygen atoms in total. The smallest absolute Gasteiger partial charge is 0.306 e. The molecule has 1 N–H and O–H groups in total. The number of aliphatic carboxylic acids is 1. The molecule has 0 aromatic heterocycles. The van der Waals surface area contributed by atoms with E-state index in [1.54, 1.807) is 0 Å². The van der Waals surface area contributed by atoms with E-state index >= 15 is 0 Å². The summed E-state index contributed by atoms with van der Waals surface area (Å²) in [6.07, 6.45) is 7.49. The Morgan fingerprint density at radius 3 is 2.44 bits per heavy atom. The lowest BCUT2D eigenvalue weighted by atomic mass is 9.88. The van der Waals surface area contributed by atoms with Crippen molar-refractivity contribution in [3.8, 4) is 5.75 Å². The Morgan fingerprint density at radius 2 is 1.72 bits per heavy atom. The van der Waals surface area contributed by atoms with Crippen molar-refractivity contribution in [2.24, 2.45) is 11.8 Å². The van der Waals surface area contributed by atoms with Crippen molar-refractivity contribution in [3.63, 3.8) is 0 Å². The number of carbonyl (C=O) groups is 1. The lowest BCUT2D eigenvalue weighted by Gasteiger charge is -2.30. The number of hydrogen-bond donors (Lipinski definition) is 1. The molecule has 2 fully saturated rings. The molecule has 0 radical (unpaired) electrons. The SMILES string of the molecule is CCCOCC1CCC(Oc2ccc3cc(CN4CCC(C(=O)O)CC4)ccc3c2)CC1. The van der Waals surface area contributed by atoms with Crippen LogP contribution < -0.4 is 4.74 Å². The van der Waals surface area contributed by atoms with Crippen LogP contribution in [0.1, 0.15) is 57.4 Å². The van der Waals surface area contributed by atoms with Gasteiger partial charge in [-0.3, -0.25) is 9.69 Å². The van der Waals surface area contributed by atoms with Crippen LogP contribution in [0.25, 0.3) is 10.8 Å². The van der Waals surface area contributed by atoms with E-state index < -0.39 is 5.97 Å². The predicted molar refractivity (Wildman–Crippen MR) is 127 cm³/mol. The topological polar surface area (TPSA) is 59.0 Å². The maximum Gasteiger partial charge on any atom is 0.306 e. The van der Waals surface area contributed by atoms with Gasteiger partial charge in [0.05, 0.1) is 12.0 Å². The molecule has 0 amide bonds. The van der Waals surface area contributed by atoms with Crippen molar-refractivity contribution in [2.75, 3.05) is 26.3 Å². The molecule has 1 saturated carbocycles. The Hall–Kier alpha value is -2.11. The molecule has 32 heavy (non-hydrogen) atoms. The summed E-state index contributed by atoms with van der Waals surface area (Å²) in [5.74, 6) is 0.825. The number of piperidine rings is 1. The molecule has 0 bridgehead atoms. The number of likely N-dealkylation sites (tertiary alicyclic amines) is 1. The average Bonchev–Trinajstić information content (AvgIpc) is 2.81. The van der Waals surface area contributed by atoms with Crippen LogP contribution in [0.15, 0.2) is 36.4 Å². The standard InChI is InChI=1S/C27H37NO4/c1-2-15-31-19-20-4-8-25(9-5-20)32-26-10-7-23-16-21(3-6-24(23)17-26)18-28-13-11-22(12-14-28)27(29)30/h3,6-7,10,16-17,20,22,25H,2,4-5,8-9,11-15,18-19H2,1H3,(H,29,30). The fourth-order valence-corrected chi connectivity index (χ4v) is 5.04. The molecular formula is C27H37NO4. The maximum atomic E-state index is 11.1. The predicted octanol–water partition coefficient (Wildman–Crippen LogP) is 5.50. The molecule has 1 heterocycles. The van der Waals surface area contributed by atoms with Crippen molar-refractivity contribution < 1.29 is 19.4 Å². The summed E-state index contributed by atoms with van der Waals surface area (Å²) in [5.41, 5.74) is 1.28. The molecule has 5 heteroatoms. The van der Waals surface area contributed by atoms with E-state index in [4.69, 9.17) is 9.47 Å². The van der Waals surface area contributed by atoms with Crippen molar-refractivity contribution in [3.05, 3.63) is 42.0 Å². The molecule has 2 aromatic carbocycles. The number of fused-ring (bicyclic) bond motifs is 1. The van der Waals surface area contributed by atoms with Gasteiger partial charge in [0.2, 0.25) is 0 Å². The Balaban J connectivity index is 1.28. The van der Waals surface area contributed by atoms with E-state index in [9.17, 15) is 9.90 Å². The molecule has 0 atom stereocenters.